The largest absolute Gasteiger partial charge is 0.358 e. The van der Waals surface area contributed by atoms with E-state index in [1.807, 2.05) is 50.2 Å². The number of aromatic amines is 2. The van der Waals surface area contributed by atoms with E-state index in [4.69, 9.17) is 0 Å². The third kappa shape index (κ3) is 2.87. The van der Waals surface area contributed by atoms with Crippen LogP contribution in [-0.2, 0) is 6.42 Å². The van der Waals surface area contributed by atoms with Gasteiger partial charge in [-0.15, -0.1) is 0 Å². The van der Waals surface area contributed by atoms with E-state index < -0.39 is 0 Å². The number of rotatable bonds is 2. The van der Waals surface area contributed by atoms with E-state index in [-0.39, 0.29) is 10.9 Å². The molecule has 0 aliphatic rings. The Morgan fingerprint density at radius 2 is 1.12 bits per heavy atom. The zero-order chi connectivity index (χ0) is 17.6. The van der Waals surface area contributed by atoms with Gasteiger partial charge in [0, 0.05) is 45.3 Å². The number of benzene rings is 2. The summed E-state index contributed by atoms with van der Waals surface area (Å²) in [4.78, 5) is 30.8. The molecule has 0 spiro atoms. The normalized spacial score (nSPS) is 11.3. The molecule has 4 heteroatoms. The zero-order valence-corrected chi connectivity index (χ0v) is 14.1. The molecule has 25 heavy (non-hydrogen) atoms. The second-order valence-corrected chi connectivity index (χ2v) is 6.57. The van der Waals surface area contributed by atoms with Crippen molar-refractivity contribution in [3.05, 3.63) is 91.5 Å². The lowest BCUT2D eigenvalue weighted by molar-refractivity contribution is 1.18. The number of aromatic nitrogens is 2. The van der Waals surface area contributed by atoms with Gasteiger partial charge < -0.3 is 9.97 Å². The van der Waals surface area contributed by atoms with Crippen LogP contribution in [0.5, 0.6) is 0 Å². The van der Waals surface area contributed by atoms with Crippen molar-refractivity contribution in [1.82, 2.24) is 9.97 Å². The van der Waals surface area contributed by atoms with Crippen LogP contribution in [0.2, 0.25) is 0 Å². The number of H-pyrrole nitrogens is 2. The monoisotopic (exact) mass is 330 g/mol. The second-order valence-electron chi connectivity index (χ2n) is 6.57. The Morgan fingerprint density at radius 1 is 0.680 bits per heavy atom. The van der Waals surface area contributed by atoms with Gasteiger partial charge in [0.2, 0.25) is 0 Å². The van der Waals surface area contributed by atoms with Crippen LogP contribution in [0.1, 0.15) is 22.5 Å². The van der Waals surface area contributed by atoms with Crippen LogP contribution in [0.3, 0.4) is 0 Å². The van der Waals surface area contributed by atoms with Crippen molar-refractivity contribution in [2.45, 2.75) is 20.3 Å². The molecule has 0 bridgehead atoms. The summed E-state index contributed by atoms with van der Waals surface area (Å²) in [7, 11) is 0. The van der Waals surface area contributed by atoms with Crippen molar-refractivity contribution in [1.29, 1.82) is 0 Å². The van der Waals surface area contributed by atoms with Crippen molar-refractivity contribution in [2.24, 2.45) is 0 Å². The first-order valence-corrected chi connectivity index (χ1v) is 8.25. The molecular weight excluding hydrogens is 312 g/mol. The van der Waals surface area contributed by atoms with Crippen molar-refractivity contribution < 1.29 is 0 Å². The predicted octanol–water partition coefficient (Wildman–Crippen LogP) is 3.58. The highest BCUT2D eigenvalue weighted by molar-refractivity contribution is 5.80. The minimum Gasteiger partial charge on any atom is -0.358 e. The van der Waals surface area contributed by atoms with Gasteiger partial charge in [-0.25, -0.2) is 0 Å². The molecule has 4 aromatic rings. The molecule has 0 aliphatic carbocycles. The van der Waals surface area contributed by atoms with E-state index in [1.54, 1.807) is 12.1 Å². The molecule has 0 amide bonds. The smallest absolute Gasteiger partial charge is 0.189 e. The van der Waals surface area contributed by atoms with Crippen molar-refractivity contribution in [3.63, 3.8) is 0 Å². The molecule has 2 N–H and O–H groups in total. The minimum absolute atomic E-state index is 0.0264. The van der Waals surface area contributed by atoms with Gasteiger partial charge in [0.25, 0.3) is 0 Å². The summed E-state index contributed by atoms with van der Waals surface area (Å²) in [6.07, 6.45) is 0.673. The molecule has 0 unspecified atom stereocenters. The first-order chi connectivity index (χ1) is 12.0. The fraction of sp³-hybridized carbons (Fsp3) is 0.143. The molecule has 0 radical (unpaired) electrons. The van der Waals surface area contributed by atoms with Crippen LogP contribution < -0.4 is 10.9 Å². The lowest BCUT2D eigenvalue weighted by Gasteiger charge is -2.07. The van der Waals surface area contributed by atoms with Gasteiger partial charge in [0.05, 0.1) is 0 Å². The molecule has 0 fully saturated rings. The maximum atomic E-state index is 12.2. The Hall–Kier alpha value is -3.14. The van der Waals surface area contributed by atoms with Crippen molar-refractivity contribution in [3.8, 4) is 0 Å². The Balaban J connectivity index is 1.77. The molecule has 0 aliphatic heterocycles. The lowest BCUT2D eigenvalue weighted by Crippen LogP contribution is -2.05. The summed E-state index contributed by atoms with van der Waals surface area (Å²) >= 11 is 0. The second kappa shape index (κ2) is 5.74. The zero-order valence-electron chi connectivity index (χ0n) is 14.1. The van der Waals surface area contributed by atoms with Crippen LogP contribution in [0.15, 0.2) is 58.1 Å². The fourth-order valence-electron chi connectivity index (χ4n) is 3.31. The molecule has 0 saturated carbocycles. The highest BCUT2D eigenvalue weighted by atomic mass is 16.1. The van der Waals surface area contributed by atoms with Crippen molar-refractivity contribution in [2.75, 3.05) is 0 Å². The quantitative estimate of drug-likeness (QED) is 0.590. The number of fused-ring (bicyclic) bond motifs is 2. The Kier molecular flexibility index (Phi) is 3.53. The highest BCUT2D eigenvalue weighted by Crippen LogP contribution is 2.17. The fourth-order valence-corrected chi connectivity index (χ4v) is 3.31. The third-order valence-electron chi connectivity index (χ3n) is 4.47. The molecule has 124 valence electrons. The van der Waals surface area contributed by atoms with Crippen LogP contribution in [0.4, 0.5) is 0 Å². The predicted molar refractivity (Wildman–Crippen MR) is 101 cm³/mol. The number of nitrogens with one attached hydrogen (secondary N) is 2. The summed E-state index contributed by atoms with van der Waals surface area (Å²) < 4.78 is 0. The molecule has 2 aromatic heterocycles. The molecule has 4 rings (SSSR count). The summed E-state index contributed by atoms with van der Waals surface area (Å²) in [6, 6.07) is 15.0. The Morgan fingerprint density at radius 3 is 1.56 bits per heavy atom. The van der Waals surface area contributed by atoms with Gasteiger partial charge in [0.15, 0.2) is 10.9 Å². The molecule has 0 atom stereocenters. The number of hydrogen-bond acceptors (Lipinski definition) is 2. The van der Waals surface area contributed by atoms with Crippen LogP contribution in [-0.4, -0.2) is 9.97 Å². The van der Waals surface area contributed by atoms with E-state index in [2.05, 4.69) is 9.97 Å². The van der Waals surface area contributed by atoms with Gasteiger partial charge in [0.1, 0.15) is 0 Å². The SMILES string of the molecule is Cc1cc(=O)c2cc(Cc3ccc4[nH]c(C)cc(=O)c4c3)ccc2[nH]1. The number of hydrogen-bond donors (Lipinski definition) is 2. The van der Waals surface area contributed by atoms with Crippen LogP contribution in [0.25, 0.3) is 21.8 Å². The lowest BCUT2D eigenvalue weighted by atomic mass is 10.0. The number of aryl methyl sites for hydroxylation is 2. The van der Waals surface area contributed by atoms with E-state index in [0.717, 1.165) is 33.5 Å². The number of pyridine rings is 2. The molecule has 2 aromatic carbocycles. The van der Waals surface area contributed by atoms with Gasteiger partial charge in [-0.05, 0) is 55.7 Å². The summed E-state index contributed by atoms with van der Waals surface area (Å²) in [5, 5.41) is 1.38. The molecular formula is C21H18N2O2. The summed E-state index contributed by atoms with van der Waals surface area (Å²) in [6.45, 7) is 3.76. The Labute approximate surface area is 144 Å². The van der Waals surface area contributed by atoms with Gasteiger partial charge >= 0.3 is 0 Å². The Bertz CT molecular complexity index is 1140. The van der Waals surface area contributed by atoms with E-state index >= 15 is 0 Å². The molecule has 0 saturated heterocycles. The highest BCUT2D eigenvalue weighted by Gasteiger charge is 2.05. The first kappa shape index (κ1) is 15.4. The van der Waals surface area contributed by atoms with Crippen molar-refractivity contribution >= 4 is 21.8 Å². The summed E-state index contributed by atoms with van der Waals surface area (Å²) in [5.41, 5.74) is 5.55. The van der Waals surface area contributed by atoms with E-state index in [1.165, 1.54) is 0 Å². The van der Waals surface area contributed by atoms with Gasteiger partial charge in [-0.2, -0.15) is 0 Å². The molecule has 4 nitrogen and oxygen atoms in total. The maximum absolute atomic E-state index is 12.2. The summed E-state index contributed by atoms with van der Waals surface area (Å²) in [5.74, 6) is 0. The minimum atomic E-state index is 0.0264. The van der Waals surface area contributed by atoms with Gasteiger partial charge in [-0.3, -0.25) is 9.59 Å². The standard InChI is InChI=1S/C21H18N2O2/c1-12-7-20(24)16-10-14(3-5-18(16)22-12)9-15-4-6-19-17(11-15)21(25)8-13(2)23-19/h3-8,10-11H,9H2,1-2H3,(H,22,24)(H,23,25). The maximum Gasteiger partial charge on any atom is 0.189 e. The average molecular weight is 330 g/mol. The van der Waals surface area contributed by atoms with Crippen LogP contribution >= 0.6 is 0 Å². The topological polar surface area (TPSA) is 65.7 Å². The first-order valence-electron chi connectivity index (χ1n) is 8.25. The van der Waals surface area contributed by atoms with E-state index in [0.29, 0.717) is 17.2 Å². The van der Waals surface area contributed by atoms with Crippen LogP contribution in [0, 0.1) is 13.8 Å². The van der Waals surface area contributed by atoms with Gasteiger partial charge in [-0.1, -0.05) is 12.1 Å². The third-order valence-corrected chi connectivity index (χ3v) is 4.47. The van der Waals surface area contributed by atoms with E-state index in [9.17, 15) is 9.59 Å². The average Bonchev–Trinajstić information content (AvgIpc) is 2.56. The molecule has 2 heterocycles.